The van der Waals surface area contributed by atoms with Crippen LogP contribution >= 0.6 is 11.6 Å². The van der Waals surface area contributed by atoms with E-state index >= 15 is 0 Å². The lowest BCUT2D eigenvalue weighted by Gasteiger charge is -2.37. The summed E-state index contributed by atoms with van der Waals surface area (Å²) in [5.74, 6) is 0.994. The van der Waals surface area contributed by atoms with Crippen LogP contribution < -0.4 is 0 Å². The Labute approximate surface area is 116 Å². The highest BCUT2D eigenvalue weighted by atomic mass is 35.5. The fourth-order valence-corrected chi connectivity index (χ4v) is 3.69. The predicted octanol–water partition coefficient (Wildman–Crippen LogP) is 3.00. The fourth-order valence-electron chi connectivity index (χ4n) is 3.51. The van der Waals surface area contributed by atoms with Gasteiger partial charge in [-0.2, -0.15) is 0 Å². The Morgan fingerprint density at radius 1 is 1.32 bits per heavy atom. The van der Waals surface area contributed by atoms with Gasteiger partial charge in [0.25, 0.3) is 0 Å². The van der Waals surface area contributed by atoms with Gasteiger partial charge in [0.2, 0.25) is 0 Å². The quantitative estimate of drug-likeness (QED) is 0.871. The Hall–Kier alpha value is -1.03. The first-order valence-corrected chi connectivity index (χ1v) is 7.17. The molecule has 1 aromatic heterocycles. The van der Waals surface area contributed by atoms with E-state index in [1.165, 1.54) is 0 Å². The second-order valence-electron chi connectivity index (χ2n) is 5.75. The van der Waals surface area contributed by atoms with Crippen LogP contribution in [0, 0.1) is 5.92 Å². The van der Waals surface area contributed by atoms with Gasteiger partial charge in [-0.05, 0) is 43.7 Å². The first-order valence-electron chi connectivity index (χ1n) is 6.79. The second-order valence-corrected chi connectivity index (χ2v) is 6.19. The molecule has 3 unspecified atom stereocenters. The van der Waals surface area contributed by atoms with Crippen LogP contribution in [0.4, 0.5) is 0 Å². The van der Waals surface area contributed by atoms with Gasteiger partial charge in [0.15, 0.2) is 0 Å². The van der Waals surface area contributed by atoms with Gasteiger partial charge in [-0.1, -0.05) is 11.6 Å². The standard InChI is InChI=1S/C15H16ClNO2/c16-12-1-2-13-10(7-12)8-14(19-13)15(18)4-6-17-5-3-11(15)9-17/h1-2,7-8,11,18H,3-6,9H2. The van der Waals surface area contributed by atoms with E-state index in [1.807, 2.05) is 24.3 Å². The Bertz CT molecular complexity index is 638. The SMILES string of the molecule is OC1(c2cc3cc(Cl)ccc3o2)CCN2CCC1C2. The summed E-state index contributed by atoms with van der Waals surface area (Å²) in [7, 11) is 0. The van der Waals surface area contributed by atoms with Gasteiger partial charge in [-0.25, -0.2) is 0 Å². The van der Waals surface area contributed by atoms with Crippen LogP contribution in [0.3, 0.4) is 0 Å². The molecule has 3 atom stereocenters. The zero-order chi connectivity index (χ0) is 13.0. The molecule has 0 spiro atoms. The third-order valence-electron chi connectivity index (χ3n) is 4.66. The maximum absolute atomic E-state index is 11.0. The van der Waals surface area contributed by atoms with Gasteiger partial charge in [0.1, 0.15) is 16.9 Å². The monoisotopic (exact) mass is 277 g/mol. The van der Waals surface area contributed by atoms with E-state index in [4.69, 9.17) is 16.0 Å². The number of hydrogen-bond donors (Lipinski definition) is 1. The molecule has 19 heavy (non-hydrogen) atoms. The normalized spacial score (nSPS) is 34.0. The molecule has 0 aliphatic carbocycles. The summed E-state index contributed by atoms with van der Waals surface area (Å²) < 4.78 is 5.89. The highest BCUT2D eigenvalue weighted by Crippen LogP contribution is 2.44. The number of piperidine rings is 1. The Morgan fingerprint density at radius 2 is 2.21 bits per heavy atom. The maximum atomic E-state index is 11.0. The van der Waals surface area contributed by atoms with E-state index in [0.717, 1.165) is 43.4 Å². The van der Waals surface area contributed by atoms with Crippen molar-refractivity contribution < 1.29 is 9.52 Å². The van der Waals surface area contributed by atoms with Crippen molar-refractivity contribution in [3.8, 4) is 0 Å². The molecule has 0 saturated carbocycles. The van der Waals surface area contributed by atoms with Crippen molar-refractivity contribution in [1.82, 2.24) is 4.90 Å². The largest absolute Gasteiger partial charge is 0.458 e. The summed E-state index contributed by atoms with van der Waals surface area (Å²) in [5.41, 5.74) is -0.00774. The minimum absolute atomic E-state index is 0.289. The fraction of sp³-hybridized carbons (Fsp3) is 0.467. The van der Waals surface area contributed by atoms with Gasteiger partial charge in [-0.3, -0.25) is 0 Å². The van der Waals surface area contributed by atoms with Crippen molar-refractivity contribution in [2.24, 2.45) is 5.92 Å². The number of halogens is 1. The van der Waals surface area contributed by atoms with Crippen LogP contribution in [0.25, 0.3) is 11.0 Å². The van der Waals surface area contributed by atoms with E-state index in [2.05, 4.69) is 4.90 Å². The van der Waals surface area contributed by atoms with Gasteiger partial charge in [0.05, 0.1) is 0 Å². The van der Waals surface area contributed by atoms with E-state index < -0.39 is 5.60 Å². The molecule has 2 bridgehead atoms. The Morgan fingerprint density at radius 3 is 3.11 bits per heavy atom. The number of benzene rings is 1. The lowest BCUT2D eigenvalue weighted by Crippen LogP contribution is -2.43. The van der Waals surface area contributed by atoms with Crippen LogP contribution in [0.1, 0.15) is 18.6 Å². The number of hydrogen-bond acceptors (Lipinski definition) is 3. The van der Waals surface area contributed by atoms with E-state index in [1.54, 1.807) is 0 Å². The van der Waals surface area contributed by atoms with Crippen LogP contribution in [-0.2, 0) is 5.60 Å². The molecule has 2 aromatic rings. The van der Waals surface area contributed by atoms with Crippen molar-refractivity contribution >= 4 is 22.6 Å². The molecule has 4 heteroatoms. The van der Waals surface area contributed by atoms with E-state index in [-0.39, 0.29) is 5.92 Å². The first-order chi connectivity index (χ1) is 9.15. The van der Waals surface area contributed by atoms with Crippen LogP contribution in [0.2, 0.25) is 5.02 Å². The summed E-state index contributed by atoms with van der Waals surface area (Å²) >= 11 is 6.00. The molecule has 3 nitrogen and oxygen atoms in total. The third-order valence-corrected chi connectivity index (χ3v) is 4.90. The van der Waals surface area contributed by atoms with Gasteiger partial charge in [0, 0.05) is 29.4 Å². The predicted molar refractivity (Wildman–Crippen MR) is 74.3 cm³/mol. The van der Waals surface area contributed by atoms with Crippen LogP contribution in [0.5, 0.6) is 0 Å². The molecular formula is C15H16ClNO2. The highest BCUT2D eigenvalue weighted by molar-refractivity contribution is 6.31. The van der Waals surface area contributed by atoms with E-state index in [9.17, 15) is 5.11 Å². The van der Waals surface area contributed by atoms with Crippen molar-refractivity contribution in [2.45, 2.75) is 18.4 Å². The molecule has 3 heterocycles. The van der Waals surface area contributed by atoms with Crippen LogP contribution in [0.15, 0.2) is 28.7 Å². The zero-order valence-electron chi connectivity index (χ0n) is 10.6. The number of fused-ring (bicyclic) bond motifs is 3. The average Bonchev–Trinajstić information content (AvgIpc) is 2.99. The maximum Gasteiger partial charge on any atom is 0.137 e. The summed E-state index contributed by atoms with van der Waals surface area (Å²) in [6.45, 7) is 3.03. The van der Waals surface area contributed by atoms with Gasteiger partial charge < -0.3 is 14.4 Å². The average molecular weight is 278 g/mol. The molecule has 2 aliphatic rings. The number of aliphatic hydroxyl groups is 1. The lowest BCUT2D eigenvalue weighted by atomic mass is 9.80. The molecule has 2 saturated heterocycles. The Kier molecular flexibility index (Phi) is 2.47. The molecule has 2 fully saturated rings. The topological polar surface area (TPSA) is 36.6 Å². The van der Waals surface area contributed by atoms with Gasteiger partial charge >= 0.3 is 0 Å². The number of rotatable bonds is 1. The zero-order valence-corrected chi connectivity index (χ0v) is 11.4. The van der Waals surface area contributed by atoms with Gasteiger partial charge in [-0.15, -0.1) is 0 Å². The van der Waals surface area contributed by atoms with E-state index in [0.29, 0.717) is 10.8 Å². The third kappa shape index (κ3) is 1.72. The summed E-state index contributed by atoms with van der Waals surface area (Å²) in [5, 5.41) is 12.7. The number of furan rings is 1. The molecule has 2 aliphatic heterocycles. The number of nitrogens with zero attached hydrogens (tertiary/aromatic N) is 1. The lowest BCUT2D eigenvalue weighted by molar-refractivity contribution is -0.0653. The molecular weight excluding hydrogens is 262 g/mol. The molecule has 0 radical (unpaired) electrons. The first kappa shape index (κ1) is 11.8. The van der Waals surface area contributed by atoms with Crippen molar-refractivity contribution in [3.05, 3.63) is 35.0 Å². The second kappa shape index (κ2) is 3.98. The highest BCUT2D eigenvalue weighted by Gasteiger charge is 2.48. The molecule has 1 N–H and O–H groups in total. The minimum Gasteiger partial charge on any atom is -0.458 e. The van der Waals surface area contributed by atoms with Crippen LogP contribution in [-0.4, -0.2) is 29.6 Å². The van der Waals surface area contributed by atoms with Crippen molar-refractivity contribution in [3.63, 3.8) is 0 Å². The van der Waals surface area contributed by atoms with Crippen molar-refractivity contribution in [1.29, 1.82) is 0 Å². The minimum atomic E-state index is -0.807. The molecule has 100 valence electrons. The summed E-state index contributed by atoms with van der Waals surface area (Å²) in [6, 6.07) is 7.53. The summed E-state index contributed by atoms with van der Waals surface area (Å²) in [4.78, 5) is 2.42. The smallest absolute Gasteiger partial charge is 0.137 e. The van der Waals surface area contributed by atoms with Crippen molar-refractivity contribution in [2.75, 3.05) is 19.6 Å². The molecule has 4 rings (SSSR count). The Balaban J connectivity index is 1.80. The molecule has 0 amide bonds. The molecule has 1 aromatic carbocycles. The summed E-state index contributed by atoms with van der Waals surface area (Å²) in [6.07, 6.45) is 1.81.